The number of hydrogen-bond donors (Lipinski definition) is 0. The number of ether oxygens (including phenoxy) is 1. The Bertz CT molecular complexity index is 306. The van der Waals surface area contributed by atoms with Crippen LogP contribution in [0.3, 0.4) is 0 Å². The molecule has 0 rings (SSSR count). The largest absolute Gasteiger partial charge is 0.452 e. The van der Waals surface area contributed by atoms with Crippen LogP contribution in [0, 0.1) is 0 Å². The van der Waals surface area contributed by atoms with E-state index in [4.69, 9.17) is 0 Å². The van der Waals surface area contributed by atoms with Gasteiger partial charge in [-0.25, -0.2) is 4.79 Å². The van der Waals surface area contributed by atoms with E-state index >= 15 is 0 Å². The van der Waals surface area contributed by atoms with Crippen molar-refractivity contribution in [2.45, 2.75) is 46.0 Å². The number of carbonyl (C=O) groups is 4. The molecule has 0 radical (unpaired) electrons. The van der Waals surface area contributed by atoms with Gasteiger partial charge in [-0.1, -0.05) is 13.8 Å². The average Bonchev–Trinajstić information content (AvgIpc) is 2.34. The molecular formula is C12H18O5. The highest BCUT2D eigenvalue weighted by atomic mass is 16.5. The Labute approximate surface area is 101 Å². The fourth-order valence-electron chi connectivity index (χ4n) is 1.10. The fraction of sp³-hybridized carbons (Fsp3) is 0.667. The second-order valence-corrected chi connectivity index (χ2v) is 3.64. The molecule has 0 aromatic carbocycles. The first-order valence-corrected chi connectivity index (χ1v) is 5.74. The van der Waals surface area contributed by atoms with Crippen LogP contribution in [0.1, 0.15) is 46.0 Å². The summed E-state index contributed by atoms with van der Waals surface area (Å²) in [6, 6.07) is 0. The van der Waals surface area contributed by atoms with Gasteiger partial charge in [0.2, 0.25) is 5.78 Å². The first-order chi connectivity index (χ1) is 8.01. The third kappa shape index (κ3) is 7.38. The van der Waals surface area contributed by atoms with E-state index in [1.54, 1.807) is 13.8 Å². The molecule has 96 valence electrons. The topological polar surface area (TPSA) is 77.5 Å². The lowest BCUT2D eigenvalue weighted by molar-refractivity contribution is -0.155. The third-order valence-electron chi connectivity index (χ3n) is 2.22. The fourth-order valence-corrected chi connectivity index (χ4v) is 1.10. The van der Waals surface area contributed by atoms with Crippen LogP contribution >= 0.6 is 0 Å². The number of hydrogen-bond acceptors (Lipinski definition) is 5. The van der Waals surface area contributed by atoms with Crippen molar-refractivity contribution >= 4 is 23.3 Å². The van der Waals surface area contributed by atoms with Crippen molar-refractivity contribution in [3.8, 4) is 0 Å². The summed E-state index contributed by atoms with van der Waals surface area (Å²) in [4.78, 5) is 43.9. The molecule has 0 aromatic rings. The number of carbonyl (C=O) groups excluding carboxylic acids is 4. The van der Waals surface area contributed by atoms with Gasteiger partial charge in [0.1, 0.15) is 12.4 Å². The van der Waals surface area contributed by atoms with E-state index in [1.165, 1.54) is 0 Å². The summed E-state index contributed by atoms with van der Waals surface area (Å²) in [5.41, 5.74) is 0. The third-order valence-corrected chi connectivity index (χ3v) is 2.22. The standard InChI is InChI=1S/C12H18O5/c1-3-9(13)6-5-7-10(14)8-17-12(16)11(15)4-2/h3-8H2,1-2H3. The zero-order valence-corrected chi connectivity index (χ0v) is 10.3. The monoisotopic (exact) mass is 242 g/mol. The average molecular weight is 242 g/mol. The van der Waals surface area contributed by atoms with E-state index in [0.717, 1.165) is 0 Å². The first-order valence-electron chi connectivity index (χ1n) is 5.74. The maximum atomic E-state index is 11.2. The van der Waals surface area contributed by atoms with Gasteiger partial charge in [0, 0.05) is 25.7 Å². The molecule has 5 heteroatoms. The number of ketones is 3. The Kier molecular flexibility index (Phi) is 7.84. The SMILES string of the molecule is CCC(=O)CCCC(=O)COC(=O)C(=O)CC. The smallest absolute Gasteiger partial charge is 0.375 e. The highest BCUT2D eigenvalue weighted by Crippen LogP contribution is 2.00. The molecule has 0 bridgehead atoms. The van der Waals surface area contributed by atoms with Crippen LogP contribution in [-0.4, -0.2) is 29.9 Å². The van der Waals surface area contributed by atoms with Crippen molar-refractivity contribution < 1.29 is 23.9 Å². The molecule has 0 atom stereocenters. The lowest BCUT2D eigenvalue weighted by Gasteiger charge is -2.02. The molecule has 0 fully saturated rings. The Balaban J connectivity index is 3.70. The second kappa shape index (κ2) is 8.61. The molecule has 0 aromatic heterocycles. The van der Waals surface area contributed by atoms with Gasteiger partial charge in [0.15, 0.2) is 5.78 Å². The molecule has 0 saturated heterocycles. The molecule has 0 N–H and O–H groups in total. The summed E-state index contributed by atoms with van der Waals surface area (Å²) in [5.74, 6) is -1.77. The van der Waals surface area contributed by atoms with E-state index in [0.29, 0.717) is 19.3 Å². The summed E-state index contributed by atoms with van der Waals surface area (Å²) in [7, 11) is 0. The zero-order valence-electron chi connectivity index (χ0n) is 10.3. The quantitative estimate of drug-likeness (QED) is 0.449. The molecule has 0 amide bonds. The highest BCUT2D eigenvalue weighted by Gasteiger charge is 2.14. The first kappa shape index (κ1) is 15.5. The van der Waals surface area contributed by atoms with Crippen LogP contribution in [0.4, 0.5) is 0 Å². The van der Waals surface area contributed by atoms with Crippen molar-refractivity contribution in [2.75, 3.05) is 6.61 Å². The summed E-state index contributed by atoms with van der Waals surface area (Å²) in [5, 5.41) is 0. The Hall–Kier alpha value is -1.52. The van der Waals surface area contributed by atoms with E-state index in [2.05, 4.69) is 4.74 Å². The molecule has 0 aliphatic carbocycles. The predicted octanol–water partition coefficient (Wildman–Crippen LogP) is 1.23. The molecule has 0 heterocycles. The minimum Gasteiger partial charge on any atom is -0.452 e. The van der Waals surface area contributed by atoms with E-state index in [-0.39, 0.29) is 31.0 Å². The molecule has 17 heavy (non-hydrogen) atoms. The van der Waals surface area contributed by atoms with E-state index in [1.807, 2.05) is 0 Å². The molecular weight excluding hydrogens is 224 g/mol. The Morgan fingerprint density at radius 3 is 2.00 bits per heavy atom. The maximum absolute atomic E-state index is 11.2. The molecule has 0 saturated carbocycles. The van der Waals surface area contributed by atoms with Crippen molar-refractivity contribution in [3.63, 3.8) is 0 Å². The molecule has 0 aliphatic heterocycles. The lowest BCUT2D eigenvalue weighted by atomic mass is 10.1. The van der Waals surface area contributed by atoms with E-state index in [9.17, 15) is 19.2 Å². The van der Waals surface area contributed by atoms with Crippen molar-refractivity contribution in [1.29, 1.82) is 0 Å². The van der Waals surface area contributed by atoms with Crippen LogP contribution in [0.5, 0.6) is 0 Å². The van der Waals surface area contributed by atoms with Crippen LogP contribution in [-0.2, 0) is 23.9 Å². The van der Waals surface area contributed by atoms with Crippen LogP contribution in [0.25, 0.3) is 0 Å². The van der Waals surface area contributed by atoms with E-state index < -0.39 is 11.8 Å². The maximum Gasteiger partial charge on any atom is 0.375 e. The van der Waals surface area contributed by atoms with Gasteiger partial charge in [0.05, 0.1) is 0 Å². The van der Waals surface area contributed by atoms with Gasteiger partial charge >= 0.3 is 5.97 Å². The van der Waals surface area contributed by atoms with Crippen molar-refractivity contribution in [3.05, 3.63) is 0 Å². The number of rotatable bonds is 9. The minimum atomic E-state index is -0.967. The zero-order chi connectivity index (χ0) is 13.3. The Morgan fingerprint density at radius 2 is 1.47 bits per heavy atom. The number of Topliss-reactive ketones (excluding diaryl/α,β-unsaturated/α-hetero) is 3. The second-order valence-electron chi connectivity index (χ2n) is 3.64. The molecule has 0 unspecified atom stereocenters. The molecule has 0 aliphatic rings. The summed E-state index contributed by atoms with van der Waals surface area (Å²) < 4.78 is 4.52. The van der Waals surface area contributed by atoms with Crippen molar-refractivity contribution in [1.82, 2.24) is 0 Å². The van der Waals surface area contributed by atoms with Gasteiger partial charge in [-0.2, -0.15) is 0 Å². The van der Waals surface area contributed by atoms with Gasteiger partial charge < -0.3 is 4.74 Å². The minimum absolute atomic E-state index is 0.0675. The molecule has 0 spiro atoms. The predicted molar refractivity (Wildman–Crippen MR) is 60.4 cm³/mol. The summed E-state index contributed by atoms with van der Waals surface area (Å²) in [6.45, 7) is 2.93. The normalized spacial score (nSPS) is 9.76. The summed E-state index contributed by atoms with van der Waals surface area (Å²) in [6.07, 6.45) is 1.56. The van der Waals surface area contributed by atoms with Gasteiger partial charge in [-0.05, 0) is 6.42 Å². The van der Waals surface area contributed by atoms with Gasteiger partial charge in [0.25, 0.3) is 0 Å². The summed E-state index contributed by atoms with van der Waals surface area (Å²) >= 11 is 0. The van der Waals surface area contributed by atoms with Crippen LogP contribution in [0.2, 0.25) is 0 Å². The highest BCUT2D eigenvalue weighted by molar-refractivity contribution is 6.33. The van der Waals surface area contributed by atoms with Crippen LogP contribution in [0.15, 0.2) is 0 Å². The van der Waals surface area contributed by atoms with Crippen LogP contribution < -0.4 is 0 Å². The van der Waals surface area contributed by atoms with Gasteiger partial charge in [-0.15, -0.1) is 0 Å². The Morgan fingerprint density at radius 1 is 0.882 bits per heavy atom. The van der Waals surface area contributed by atoms with Crippen molar-refractivity contribution in [2.24, 2.45) is 0 Å². The van der Waals surface area contributed by atoms with Gasteiger partial charge in [-0.3, -0.25) is 14.4 Å². The molecule has 5 nitrogen and oxygen atoms in total. The lowest BCUT2D eigenvalue weighted by Crippen LogP contribution is -2.20. The number of esters is 1.